The Morgan fingerprint density at radius 3 is 2.92 bits per heavy atom. The minimum Gasteiger partial charge on any atom is -0.389 e. The molecule has 2 aromatic heterocycles. The number of nitrogens with zero attached hydrogens (tertiary/aromatic N) is 2. The number of aromatic nitrogens is 1. The molecule has 64 valence electrons. The van der Waals surface area contributed by atoms with Gasteiger partial charge in [-0.1, -0.05) is 0 Å². The smallest absolute Gasteiger partial charge is 0.104 e. The first-order valence-electron chi connectivity index (χ1n) is 3.48. The van der Waals surface area contributed by atoms with E-state index in [1.165, 1.54) is 22.7 Å². The van der Waals surface area contributed by atoms with Gasteiger partial charge in [-0.3, -0.25) is 0 Å². The summed E-state index contributed by atoms with van der Waals surface area (Å²) in [6.07, 6.45) is 0. The van der Waals surface area contributed by atoms with Crippen LogP contribution < -0.4 is 5.73 Å². The van der Waals surface area contributed by atoms with Crippen LogP contribution in [0.5, 0.6) is 0 Å². The number of rotatable bonds is 1. The van der Waals surface area contributed by atoms with Gasteiger partial charge in [0.15, 0.2) is 0 Å². The molecule has 0 saturated heterocycles. The number of thiazole rings is 1. The van der Waals surface area contributed by atoms with E-state index in [0.717, 1.165) is 11.3 Å². The number of nitrogen functional groups attached to an aromatic ring is 1. The van der Waals surface area contributed by atoms with Crippen molar-refractivity contribution < 1.29 is 0 Å². The van der Waals surface area contributed by atoms with Crippen molar-refractivity contribution in [1.82, 2.24) is 4.98 Å². The van der Waals surface area contributed by atoms with Crippen LogP contribution in [-0.4, -0.2) is 4.98 Å². The third-order valence-corrected chi connectivity index (χ3v) is 3.04. The zero-order valence-corrected chi connectivity index (χ0v) is 8.15. The highest BCUT2D eigenvalue weighted by atomic mass is 32.1. The molecule has 0 aliphatic heterocycles. The first-order valence-corrected chi connectivity index (χ1v) is 5.31. The first kappa shape index (κ1) is 8.23. The molecule has 3 nitrogen and oxygen atoms in total. The molecule has 0 atom stereocenters. The van der Waals surface area contributed by atoms with Gasteiger partial charge in [0.1, 0.15) is 11.1 Å². The Bertz CT molecular complexity index is 450. The monoisotopic (exact) mass is 207 g/mol. The van der Waals surface area contributed by atoms with E-state index < -0.39 is 0 Å². The average Bonchev–Trinajstić information content (AvgIpc) is 2.71. The SMILES string of the molecule is N#Cc1c(-c2cscn2)csc1N. The minimum absolute atomic E-state index is 0.538. The molecule has 2 heterocycles. The van der Waals surface area contributed by atoms with E-state index in [9.17, 15) is 0 Å². The summed E-state index contributed by atoms with van der Waals surface area (Å²) in [4.78, 5) is 4.13. The van der Waals surface area contributed by atoms with Gasteiger partial charge in [0.05, 0.1) is 16.8 Å². The van der Waals surface area contributed by atoms with Crippen LogP contribution in [0.4, 0.5) is 5.00 Å². The molecule has 2 aromatic rings. The van der Waals surface area contributed by atoms with Gasteiger partial charge >= 0.3 is 0 Å². The molecule has 0 unspecified atom stereocenters. The molecule has 2 rings (SSSR count). The largest absolute Gasteiger partial charge is 0.389 e. The van der Waals surface area contributed by atoms with Crippen molar-refractivity contribution in [1.29, 1.82) is 5.26 Å². The number of hydrogen-bond donors (Lipinski definition) is 1. The van der Waals surface area contributed by atoms with Crippen molar-refractivity contribution in [2.45, 2.75) is 0 Å². The Balaban J connectivity index is 2.60. The fourth-order valence-corrected chi connectivity index (χ4v) is 2.33. The Morgan fingerprint density at radius 1 is 1.46 bits per heavy atom. The number of hydrogen-bond acceptors (Lipinski definition) is 5. The molecule has 0 fully saturated rings. The maximum absolute atomic E-state index is 8.84. The van der Waals surface area contributed by atoms with Crippen molar-refractivity contribution in [3.8, 4) is 17.3 Å². The van der Waals surface area contributed by atoms with Crippen LogP contribution in [0.15, 0.2) is 16.3 Å². The molecule has 0 bridgehead atoms. The van der Waals surface area contributed by atoms with Crippen LogP contribution in [0.1, 0.15) is 5.56 Å². The van der Waals surface area contributed by atoms with Crippen LogP contribution in [0.3, 0.4) is 0 Å². The Morgan fingerprint density at radius 2 is 2.31 bits per heavy atom. The van der Waals surface area contributed by atoms with Crippen molar-refractivity contribution >= 4 is 27.7 Å². The molecule has 0 aliphatic carbocycles. The van der Waals surface area contributed by atoms with Gasteiger partial charge in [-0.15, -0.1) is 22.7 Å². The van der Waals surface area contributed by atoms with Gasteiger partial charge in [0, 0.05) is 16.3 Å². The summed E-state index contributed by atoms with van der Waals surface area (Å²) < 4.78 is 0. The third-order valence-electron chi connectivity index (χ3n) is 1.64. The number of nitrogens with two attached hydrogens (primary N) is 1. The molecular weight excluding hydrogens is 202 g/mol. The molecule has 0 spiro atoms. The molecule has 0 amide bonds. The average molecular weight is 207 g/mol. The maximum atomic E-state index is 8.84. The highest BCUT2D eigenvalue weighted by Gasteiger charge is 2.11. The maximum Gasteiger partial charge on any atom is 0.104 e. The van der Waals surface area contributed by atoms with Crippen molar-refractivity contribution in [2.75, 3.05) is 5.73 Å². The summed E-state index contributed by atoms with van der Waals surface area (Å²) in [6, 6.07) is 2.08. The molecular formula is C8H5N3S2. The van der Waals surface area contributed by atoms with Crippen LogP contribution in [-0.2, 0) is 0 Å². The van der Waals surface area contributed by atoms with E-state index in [0.29, 0.717) is 10.6 Å². The number of anilines is 1. The highest BCUT2D eigenvalue weighted by Crippen LogP contribution is 2.32. The second kappa shape index (κ2) is 3.17. The first-order chi connectivity index (χ1) is 6.33. The molecule has 0 saturated carbocycles. The molecule has 5 heteroatoms. The summed E-state index contributed by atoms with van der Waals surface area (Å²) >= 11 is 2.88. The summed E-state index contributed by atoms with van der Waals surface area (Å²) in [6.45, 7) is 0. The van der Waals surface area contributed by atoms with Crippen LogP contribution in [0, 0.1) is 11.3 Å². The lowest BCUT2D eigenvalue weighted by molar-refractivity contribution is 1.41. The highest BCUT2D eigenvalue weighted by molar-refractivity contribution is 7.14. The number of thiophene rings is 1. The third kappa shape index (κ3) is 1.30. The van der Waals surface area contributed by atoms with E-state index in [2.05, 4.69) is 11.1 Å². The lowest BCUT2D eigenvalue weighted by Crippen LogP contribution is -1.85. The molecule has 13 heavy (non-hydrogen) atoms. The predicted octanol–water partition coefficient (Wildman–Crippen LogP) is 2.33. The molecule has 2 N–H and O–H groups in total. The Hall–Kier alpha value is -1.38. The zero-order chi connectivity index (χ0) is 9.26. The van der Waals surface area contributed by atoms with E-state index in [4.69, 9.17) is 11.0 Å². The van der Waals surface area contributed by atoms with E-state index >= 15 is 0 Å². The van der Waals surface area contributed by atoms with Gasteiger partial charge in [-0.2, -0.15) is 5.26 Å². The Kier molecular flexibility index (Phi) is 2.00. The van der Waals surface area contributed by atoms with Crippen molar-refractivity contribution in [3.05, 3.63) is 21.8 Å². The lowest BCUT2D eigenvalue weighted by atomic mass is 10.1. The second-order valence-electron chi connectivity index (χ2n) is 2.37. The van der Waals surface area contributed by atoms with Crippen molar-refractivity contribution in [3.63, 3.8) is 0 Å². The number of nitriles is 1. The van der Waals surface area contributed by atoms with Crippen LogP contribution >= 0.6 is 22.7 Å². The summed E-state index contributed by atoms with van der Waals surface area (Å²) in [5, 5.41) is 13.2. The Labute approximate surface area is 83.1 Å². The van der Waals surface area contributed by atoms with E-state index in [-0.39, 0.29) is 0 Å². The van der Waals surface area contributed by atoms with Crippen molar-refractivity contribution in [2.24, 2.45) is 0 Å². The van der Waals surface area contributed by atoms with Gasteiger partial charge in [-0.25, -0.2) is 4.98 Å². The van der Waals surface area contributed by atoms with Crippen LogP contribution in [0.25, 0.3) is 11.3 Å². The molecule has 0 radical (unpaired) electrons. The van der Waals surface area contributed by atoms with E-state index in [1.807, 2.05) is 10.8 Å². The fraction of sp³-hybridized carbons (Fsp3) is 0. The van der Waals surface area contributed by atoms with Gasteiger partial charge in [0.25, 0.3) is 0 Å². The molecule has 0 aromatic carbocycles. The minimum atomic E-state index is 0.538. The zero-order valence-electron chi connectivity index (χ0n) is 6.52. The van der Waals surface area contributed by atoms with Gasteiger partial charge in [0.2, 0.25) is 0 Å². The lowest BCUT2D eigenvalue weighted by Gasteiger charge is -1.91. The quantitative estimate of drug-likeness (QED) is 0.780. The van der Waals surface area contributed by atoms with E-state index in [1.54, 1.807) is 5.51 Å². The summed E-state index contributed by atoms with van der Waals surface area (Å²) in [7, 11) is 0. The summed E-state index contributed by atoms with van der Waals surface area (Å²) in [5.41, 5.74) is 9.58. The topological polar surface area (TPSA) is 62.7 Å². The standard InChI is InChI=1S/C8H5N3S2/c9-1-5-6(2-13-8(5)10)7-3-12-4-11-7/h2-4H,10H2. The normalized spacial score (nSPS) is 9.77. The van der Waals surface area contributed by atoms with Gasteiger partial charge < -0.3 is 5.73 Å². The predicted molar refractivity (Wildman–Crippen MR) is 54.6 cm³/mol. The van der Waals surface area contributed by atoms with Gasteiger partial charge in [-0.05, 0) is 0 Å². The summed E-state index contributed by atoms with van der Waals surface area (Å²) in [5.74, 6) is 0. The second-order valence-corrected chi connectivity index (χ2v) is 4.00. The molecule has 0 aliphatic rings. The van der Waals surface area contributed by atoms with Crippen LogP contribution in [0.2, 0.25) is 0 Å². The fourth-order valence-electron chi connectivity index (χ4n) is 1.02.